The van der Waals surface area contributed by atoms with E-state index in [2.05, 4.69) is 52.5 Å². The van der Waals surface area contributed by atoms with Crippen LogP contribution in [0.3, 0.4) is 0 Å². The minimum atomic E-state index is 0.439. The predicted molar refractivity (Wildman–Crippen MR) is 170 cm³/mol. The van der Waals surface area contributed by atoms with E-state index in [9.17, 15) is 0 Å². The van der Waals surface area contributed by atoms with Crippen molar-refractivity contribution in [2.75, 3.05) is 13.2 Å². The number of fused-ring (bicyclic) bond motifs is 3. The van der Waals surface area contributed by atoms with Gasteiger partial charge in [-0.3, -0.25) is 0 Å². The Bertz CT molecular complexity index is 1070. The molecule has 0 radical (unpaired) electrons. The number of ether oxygens (including phenoxy) is 2. The Hall–Kier alpha value is -1.96. The number of allylic oxidation sites excluding steroid dienone is 4. The van der Waals surface area contributed by atoms with Crippen molar-refractivity contribution in [1.82, 2.24) is 0 Å². The molecule has 2 nitrogen and oxygen atoms in total. The number of aryl methyl sites for hydroxylation is 1. The van der Waals surface area contributed by atoms with Gasteiger partial charge in [0.05, 0.1) is 13.2 Å². The second-order valence-electron chi connectivity index (χ2n) is 13.8. The summed E-state index contributed by atoms with van der Waals surface area (Å²) < 4.78 is 13.8. The van der Waals surface area contributed by atoms with Gasteiger partial charge in [-0.1, -0.05) is 51.3 Å². The summed E-state index contributed by atoms with van der Waals surface area (Å²) in [5.41, 5.74) is 8.11. The first-order valence-electron chi connectivity index (χ1n) is 17.0. The lowest BCUT2D eigenvalue weighted by atomic mass is 9.67. The van der Waals surface area contributed by atoms with Crippen molar-refractivity contribution in [2.45, 2.75) is 124 Å². The molecule has 3 aliphatic carbocycles. The quantitative estimate of drug-likeness (QED) is 0.354. The highest BCUT2D eigenvalue weighted by atomic mass is 16.5. The van der Waals surface area contributed by atoms with Gasteiger partial charge in [0.2, 0.25) is 0 Å². The minimum Gasteiger partial charge on any atom is -0.493 e. The zero-order valence-corrected chi connectivity index (χ0v) is 26.2. The van der Waals surface area contributed by atoms with Crippen LogP contribution in [0.25, 0.3) is 5.57 Å². The molecule has 40 heavy (non-hydrogen) atoms. The summed E-state index contributed by atoms with van der Waals surface area (Å²) in [5, 5.41) is 0. The van der Waals surface area contributed by atoms with E-state index >= 15 is 0 Å². The van der Waals surface area contributed by atoms with Crippen LogP contribution in [0.5, 0.6) is 5.75 Å². The highest BCUT2D eigenvalue weighted by molar-refractivity contribution is 5.87. The third-order valence-corrected chi connectivity index (χ3v) is 11.0. The summed E-state index contributed by atoms with van der Waals surface area (Å²) in [6.07, 6.45) is 21.8. The van der Waals surface area contributed by atoms with Crippen molar-refractivity contribution in [3.05, 3.63) is 58.4 Å². The Morgan fingerprint density at radius 3 is 2.15 bits per heavy atom. The molecular weight excluding hydrogens is 488 g/mol. The maximum Gasteiger partial charge on any atom is 0.127 e. The van der Waals surface area contributed by atoms with E-state index in [0.29, 0.717) is 11.8 Å². The van der Waals surface area contributed by atoms with Crippen molar-refractivity contribution in [1.29, 1.82) is 0 Å². The lowest BCUT2D eigenvalue weighted by molar-refractivity contribution is 0.0621. The minimum absolute atomic E-state index is 0.439. The number of hydrogen-bond acceptors (Lipinski definition) is 2. The third-order valence-electron chi connectivity index (χ3n) is 11.0. The molecule has 0 amide bonds. The first kappa shape index (κ1) is 29.5. The van der Waals surface area contributed by atoms with Gasteiger partial charge in [-0.25, -0.2) is 0 Å². The molecule has 0 N–H and O–H groups in total. The van der Waals surface area contributed by atoms with Crippen LogP contribution in [0.2, 0.25) is 0 Å². The van der Waals surface area contributed by atoms with Gasteiger partial charge < -0.3 is 9.47 Å². The standard InChI is InChI=1S/C38H56O2/c1-6-8-12-33(26(3)4)37-35(7-2)39-24-32(25-40-36-23-22-31-11-9-10-13-34(31)38(36)37)30-20-18-29(19-21-30)28-16-14-27(5)15-17-28/h7,22-23,27-30,32H,3,6,8-21,24-25H2,1-2,4-5H3/b35-7+,37-33+. The molecule has 0 spiro atoms. The van der Waals surface area contributed by atoms with Crippen LogP contribution in [0.15, 0.2) is 41.7 Å². The lowest BCUT2D eigenvalue weighted by Crippen LogP contribution is -2.32. The van der Waals surface area contributed by atoms with Crippen LogP contribution < -0.4 is 4.74 Å². The molecule has 220 valence electrons. The molecule has 5 rings (SSSR count). The largest absolute Gasteiger partial charge is 0.493 e. The molecule has 1 aliphatic heterocycles. The van der Waals surface area contributed by atoms with Crippen LogP contribution in [0.4, 0.5) is 0 Å². The van der Waals surface area contributed by atoms with Gasteiger partial charge in [0, 0.05) is 17.1 Å². The molecule has 0 saturated heterocycles. The second-order valence-corrected chi connectivity index (χ2v) is 13.8. The number of hydrogen-bond donors (Lipinski definition) is 0. The topological polar surface area (TPSA) is 18.5 Å². The second kappa shape index (κ2) is 13.8. The molecule has 1 aromatic carbocycles. The fraction of sp³-hybridized carbons (Fsp3) is 0.684. The maximum atomic E-state index is 6.89. The van der Waals surface area contributed by atoms with E-state index in [1.807, 2.05) is 0 Å². The Morgan fingerprint density at radius 1 is 0.875 bits per heavy atom. The van der Waals surface area contributed by atoms with Gasteiger partial charge in [-0.05, 0) is 143 Å². The van der Waals surface area contributed by atoms with Crippen LogP contribution in [-0.4, -0.2) is 13.2 Å². The summed E-state index contributed by atoms with van der Waals surface area (Å²) >= 11 is 0. The van der Waals surface area contributed by atoms with Gasteiger partial charge in [-0.2, -0.15) is 0 Å². The molecule has 1 atom stereocenters. The van der Waals surface area contributed by atoms with E-state index in [1.165, 1.54) is 111 Å². The number of rotatable bonds is 6. The highest BCUT2D eigenvalue weighted by Gasteiger charge is 2.35. The summed E-state index contributed by atoms with van der Waals surface area (Å²) in [7, 11) is 0. The predicted octanol–water partition coefficient (Wildman–Crippen LogP) is 10.6. The zero-order chi connectivity index (χ0) is 28.1. The normalized spacial score (nSPS) is 31.5. The zero-order valence-electron chi connectivity index (χ0n) is 26.2. The number of unbranched alkanes of at least 4 members (excludes halogenated alkanes) is 1. The van der Waals surface area contributed by atoms with Crippen molar-refractivity contribution in [3.8, 4) is 5.75 Å². The van der Waals surface area contributed by atoms with E-state index in [0.717, 1.165) is 60.9 Å². The van der Waals surface area contributed by atoms with Gasteiger partial charge >= 0.3 is 0 Å². The van der Waals surface area contributed by atoms with Crippen molar-refractivity contribution in [3.63, 3.8) is 0 Å². The van der Waals surface area contributed by atoms with Crippen molar-refractivity contribution < 1.29 is 9.47 Å². The van der Waals surface area contributed by atoms with Crippen LogP contribution in [0, 0.1) is 29.6 Å². The Labute approximate surface area is 245 Å². The van der Waals surface area contributed by atoms with E-state index < -0.39 is 0 Å². The smallest absolute Gasteiger partial charge is 0.127 e. The fourth-order valence-corrected chi connectivity index (χ4v) is 8.39. The fourth-order valence-electron chi connectivity index (χ4n) is 8.39. The molecule has 1 unspecified atom stereocenters. The maximum absolute atomic E-state index is 6.89. The summed E-state index contributed by atoms with van der Waals surface area (Å²) in [6.45, 7) is 15.1. The molecule has 2 fully saturated rings. The molecule has 4 aliphatic rings. The van der Waals surface area contributed by atoms with Gasteiger partial charge in [0.25, 0.3) is 0 Å². The van der Waals surface area contributed by atoms with Crippen molar-refractivity contribution >= 4 is 5.57 Å². The first-order valence-corrected chi connectivity index (χ1v) is 17.0. The average Bonchev–Trinajstić information content (AvgIpc) is 3.05. The van der Waals surface area contributed by atoms with E-state index in [1.54, 1.807) is 0 Å². The Morgan fingerprint density at radius 2 is 1.50 bits per heavy atom. The van der Waals surface area contributed by atoms with Gasteiger partial charge in [-0.15, -0.1) is 0 Å². The van der Waals surface area contributed by atoms with Gasteiger partial charge in [0.15, 0.2) is 0 Å². The molecular formula is C38H56O2. The summed E-state index contributed by atoms with van der Waals surface area (Å²) in [5.74, 6) is 6.14. The average molecular weight is 545 g/mol. The SMILES string of the molecule is C=C(C)/C(CCCC)=C1\C(=C/C)OCC(C2CCC(C3CCC(C)CC3)CC2)COc2ccc3c(c21)CCCC3. The van der Waals surface area contributed by atoms with Gasteiger partial charge in [0.1, 0.15) is 11.5 Å². The highest BCUT2D eigenvalue weighted by Crippen LogP contribution is 2.46. The first-order chi connectivity index (χ1) is 19.5. The molecule has 1 aromatic rings. The monoisotopic (exact) mass is 544 g/mol. The van der Waals surface area contributed by atoms with Crippen LogP contribution in [-0.2, 0) is 17.6 Å². The third kappa shape index (κ3) is 6.57. The molecule has 0 bridgehead atoms. The molecule has 2 heteroatoms. The lowest BCUT2D eigenvalue weighted by Gasteiger charge is -2.39. The molecule has 0 aromatic heterocycles. The van der Waals surface area contributed by atoms with Crippen molar-refractivity contribution in [2.24, 2.45) is 29.6 Å². The Balaban J connectivity index is 1.43. The number of benzene rings is 1. The van der Waals surface area contributed by atoms with Crippen LogP contribution >= 0.6 is 0 Å². The van der Waals surface area contributed by atoms with E-state index in [-0.39, 0.29) is 0 Å². The van der Waals surface area contributed by atoms with Crippen LogP contribution in [0.1, 0.15) is 128 Å². The summed E-state index contributed by atoms with van der Waals surface area (Å²) in [4.78, 5) is 0. The molecule has 1 heterocycles. The summed E-state index contributed by atoms with van der Waals surface area (Å²) in [6, 6.07) is 4.64. The Kier molecular flexibility index (Phi) is 10.2. The van der Waals surface area contributed by atoms with E-state index in [4.69, 9.17) is 9.47 Å². The molecule has 2 saturated carbocycles.